The second-order valence-electron chi connectivity index (χ2n) is 9.23. The molecule has 3 rings (SSSR count). The van der Waals surface area contributed by atoms with Crippen molar-refractivity contribution in [2.75, 3.05) is 17.4 Å². The third-order valence-corrected chi connectivity index (χ3v) is 7.88. The monoisotopic (exact) mass is 559 g/mol. The van der Waals surface area contributed by atoms with E-state index in [1.807, 2.05) is 13.8 Å². The van der Waals surface area contributed by atoms with E-state index in [1.165, 1.54) is 54.3 Å². The van der Waals surface area contributed by atoms with Crippen LogP contribution in [0.1, 0.15) is 26.3 Å². The Kier molecular flexibility index (Phi) is 9.88. The second-order valence-corrected chi connectivity index (χ2v) is 11.5. The first-order valence-electron chi connectivity index (χ1n) is 12.1. The van der Waals surface area contributed by atoms with Crippen molar-refractivity contribution >= 4 is 39.1 Å². The number of carbonyl (C=O) groups is 2. The van der Waals surface area contributed by atoms with Crippen LogP contribution in [0.25, 0.3) is 0 Å². The third kappa shape index (κ3) is 7.33. The summed E-state index contributed by atoms with van der Waals surface area (Å²) < 4.78 is 42.8. The minimum absolute atomic E-state index is 0.0174. The summed E-state index contributed by atoms with van der Waals surface area (Å²) in [6.07, 6.45) is 0. The molecule has 0 heterocycles. The summed E-state index contributed by atoms with van der Waals surface area (Å²) in [5.74, 6) is -1.47. The molecule has 0 unspecified atom stereocenters. The molecule has 0 radical (unpaired) electrons. The first-order chi connectivity index (χ1) is 18.0. The predicted molar refractivity (Wildman–Crippen MR) is 147 cm³/mol. The van der Waals surface area contributed by atoms with Gasteiger partial charge in [0.25, 0.3) is 10.0 Å². The molecule has 7 nitrogen and oxygen atoms in total. The van der Waals surface area contributed by atoms with E-state index in [9.17, 15) is 22.4 Å². The molecule has 202 valence electrons. The van der Waals surface area contributed by atoms with E-state index in [2.05, 4.69) is 5.32 Å². The predicted octanol–water partition coefficient (Wildman–Crippen LogP) is 4.86. The highest BCUT2D eigenvalue weighted by molar-refractivity contribution is 7.92. The molecule has 0 aliphatic carbocycles. The van der Waals surface area contributed by atoms with Crippen molar-refractivity contribution in [1.82, 2.24) is 10.2 Å². The van der Waals surface area contributed by atoms with Gasteiger partial charge in [0, 0.05) is 23.7 Å². The highest BCUT2D eigenvalue weighted by Gasteiger charge is 2.33. The number of carbonyl (C=O) groups excluding carboxylic acids is 2. The quantitative estimate of drug-likeness (QED) is 0.363. The molecule has 1 atom stereocenters. The van der Waals surface area contributed by atoms with Crippen molar-refractivity contribution < 1.29 is 22.4 Å². The molecule has 0 aromatic heterocycles. The molecule has 3 aromatic rings. The van der Waals surface area contributed by atoms with Gasteiger partial charge in [-0.1, -0.05) is 67.9 Å². The van der Waals surface area contributed by atoms with E-state index in [0.717, 1.165) is 4.31 Å². The van der Waals surface area contributed by atoms with Crippen molar-refractivity contribution in [1.29, 1.82) is 0 Å². The Bertz CT molecular complexity index is 1370. The molecule has 1 N–H and O–H groups in total. The van der Waals surface area contributed by atoms with Gasteiger partial charge < -0.3 is 10.2 Å². The maximum atomic E-state index is 14.6. The highest BCUT2D eigenvalue weighted by atomic mass is 35.5. The fourth-order valence-corrected chi connectivity index (χ4v) is 5.34. The molecule has 0 aliphatic rings. The smallest absolute Gasteiger partial charge is 0.264 e. The van der Waals surface area contributed by atoms with Crippen LogP contribution in [0.4, 0.5) is 10.1 Å². The molecule has 0 spiro atoms. The highest BCUT2D eigenvalue weighted by Crippen LogP contribution is 2.27. The van der Waals surface area contributed by atoms with E-state index in [1.54, 1.807) is 36.4 Å². The summed E-state index contributed by atoms with van der Waals surface area (Å²) in [5.41, 5.74) is 0.377. The average Bonchev–Trinajstić information content (AvgIpc) is 2.89. The van der Waals surface area contributed by atoms with Crippen LogP contribution >= 0.6 is 11.6 Å². The lowest BCUT2D eigenvalue weighted by atomic mass is 10.1. The topological polar surface area (TPSA) is 86.8 Å². The number of nitrogens with zero attached hydrogens (tertiary/aromatic N) is 2. The third-order valence-electron chi connectivity index (χ3n) is 5.86. The van der Waals surface area contributed by atoms with Crippen molar-refractivity contribution in [2.45, 2.75) is 38.3 Å². The molecule has 38 heavy (non-hydrogen) atoms. The van der Waals surface area contributed by atoms with Gasteiger partial charge in [0.1, 0.15) is 18.4 Å². The molecule has 3 aromatic carbocycles. The summed E-state index contributed by atoms with van der Waals surface area (Å²) in [5, 5.41) is 3.08. The van der Waals surface area contributed by atoms with E-state index in [4.69, 9.17) is 11.6 Å². The lowest BCUT2D eigenvalue weighted by molar-refractivity contribution is -0.139. The minimum Gasteiger partial charge on any atom is -0.354 e. The Morgan fingerprint density at radius 1 is 0.947 bits per heavy atom. The Hall–Kier alpha value is -3.43. The minimum atomic E-state index is -4.20. The van der Waals surface area contributed by atoms with Crippen LogP contribution in [-0.4, -0.2) is 44.3 Å². The van der Waals surface area contributed by atoms with Crippen molar-refractivity contribution in [2.24, 2.45) is 5.92 Å². The number of rotatable bonds is 11. The normalized spacial score (nSPS) is 12.2. The zero-order valence-corrected chi connectivity index (χ0v) is 23.0. The van der Waals surface area contributed by atoms with Crippen LogP contribution in [-0.2, 0) is 26.2 Å². The van der Waals surface area contributed by atoms with Crippen LogP contribution in [0, 0.1) is 11.7 Å². The van der Waals surface area contributed by atoms with Crippen molar-refractivity contribution in [3.8, 4) is 0 Å². The summed E-state index contributed by atoms with van der Waals surface area (Å²) in [7, 11) is -4.20. The lowest BCUT2D eigenvalue weighted by Crippen LogP contribution is -2.51. The summed E-state index contributed by atoms with van der Waals surface area (Å²) in [4.78, 5) is 27.9. The lowest BCUT2D eigenvalue weighted by Gasteiger charge is -2.32. The Labute approximate surface area is 228 Å². The molecule has 10 heteroatoms. The van der Waals surface area contributed by atoms with E-state index >= 15 is 0 Å². The number of hydrogen-bond acceptors (Lipinski definition) is 4. The maximum absolute atomic E-state index is 14.6. The van der Waals surface area contributed by atoms with Crippen LogP contribution in [0.15, 0.2) is 83.8 Å². The largest absolute Gasteiger partial charge is 0.354 e. The van der Waals surface area contributed by atoms with Gasteiger partial charge in [-0.25, -0.2) is 12.8 Å². The molecule has 0 fully saturated rings. The standard InChI is InChI=1S/C28H31ClFN3O4S/c1-20(2)17-31-28(35)21(3)32(18-22-10-7-8-15-26(22)30)27(34)19-33(24-12-9-11-23(29)16-24)38(36,37)25-13-5-4-6-14-25/h4-16,20-21H,17-19H2,1-3H3,(H,31,35)/t21-/m1/s1. The summed E-state index contributed by atoms with van der Waals surface area (Å²) in [6.45, 7) is 4.94. The van der Waals surface area contributed by atoms with Gasteiger partial charge in [-0.3, -0.25) is 13.9 Å². The maximum Gasteiger partial charge on any atom is 0.264 e. The van der Waals surface area contributed by atoms with Crippen molar-refractivity contribution in [3.63, 3.8) is 0 Å². The van der Waals surface area contributed by atoms with E-state index in [-0.39, 0.29) is 33.6 Å². The van der Waals surface area contributed by atoms with Gasteiger partial charge in [0.05, 0.1) is 10.6 Å². The molecule has 0 saturated heterocycles. The Balaban J connectivity index is 2.01. The fourth-order valence-electron chi connectivity index (χ4n) is 3.72. The van der Waals surface area contributed by atoms with Gasteiger partial charge in [-0.05, 0) is 49.2 Å². The van der Waals surface area contributed by atoms with Gasteiger partial charge >= 0.3 is 0 Å². The fraction of sp³-hybridized carbons (Fsp3) is 0.286. The second kappa shape index (κ2) is 12.9. The molecular weight excluding hydrogens is 529 g/mol. The molecule has 0 aliphatic heterocycles. The molecule has 0 bridgehead atoms. The van der Waals surface area contributed by atoms with Gasteiger partial charge in [0.15, 0.2) is 0 Å². The number of benzene rings is 3. The van der Waals surface area contributed by atoms with Crippen LogP contribution < -0.4 is 9.62 Å². The Morgan fingerprint density at radius 3 is 2.24 bits per heavy atom. The summed E-state index contributed by atoms with van der Waals surface area (Å²) >= 11 is 6.15. The van der Waals surface area contributed by atoms with Crippen molar-refractivity contribution in [3.05, 3.63) is 95.3 Å². The Morgan fingerprint density at radius 2 is 1.61 bits per heavy atom. The van der Waals surface area contributed by atoms with E-state index < -0.39 is 40.2 Å². The number of hydrogen-bond donors (Lipinski definition) is 1. The number of sulfonamides is 1. The van der Waals surface area contributed by atoms with Gasteiger partial charge in [-0.2, -0.15) is 0 Å². The molecular formula is C28H31ClFN3O4S. The van der Waals surface area contributed by atoms with Gasteiger partial charge in [0.2, 0.25) is 11.8 Å². The zero-order chi connectivity index (χ0) is 27.9. The number of anilines is 1. The number of nitrogens with one attached hydrogen (secondary N) is 1. The van der Waals surface area contributed by atoms with E-state index in [0.29, 0.717) is 6.54 Å². The molecule has 2 amide bonds. The van der Waals surface area contributed by atoms with Crippen LogP contribution in [0.2, 0.25) is 5.02 Å². The number of halogens is 2. The first-order valence-corrected chi connectivity index (χ1v) is 14.0. The first kappa shape index (κ1) is 29.1. The zero-order valence-electron chi connectivity index (χ0n) is 21.5. The summed E-state index contributed by atoms with van der Waals surface area (Å²) in [6, 6.07) is 18.8. The van der Waals surface area contributed by atoms with Crippen LogP contribution in [0.3, 0.4) is 0 Å². The molecule has 0 saturated carbocycles. The average molecular weight is 560 g/mol. The SMILES string of the molecule is CC(C)CNC(=O)[C@@H](C)N(Cc1ccccc1F)C(=O)CN(c1cccc(Cl)c1)S(=O)(=O)c1ccccc1. The van der Waals surface area contributed by atoms with Gasteiger partial charge in [-0.15, -0.1) is 0 Å². The number of amides is 2. The van der Waals surface area contributed by atoms with Crippen LogP contribution in [0.5, 0.6) is 0 Å².